The van der Waals surface area contributed by atoms with E-state index in [0.717, 1.165) is 50.2 Å². The van der Waals surface area contributed by atoms with Gasteiger partial charge in [0.2, 0.25) is 0 Å². The van der Waals surface area contributed by atoms with Gasteiger partial charge in [-0.3, -0.25) is 4.79 Å². The topological polar surface area (TPSA) is 32.8 Å². The fourth-order valence-electron chi connectivity index (χ4n) is 3.92. The Bertz CT molecular complexity index is 626. The van der Waals surface area contributed by atoms with Crippen LogP contribution in [0.2, 0.25) is 0 Å². The van der Waals surface area contributed by atoms with Crippen molar-refractivity contribution in [2.75, 3.05) is 37.4 Å². The average molecular weight is 391 g/mol. The molecule has 0 aliphatic carbocycles. The highest BCUT2D eigenvalue weighted by atomic mass is 32.2. The molecule has 4 nitrogen and oxygen atoms in total. The summed E-state index contributed by atoms with van der Waals surface area (Å²) in [7, 11) is 1.78. The molecule has 0 bridgehead atoms. The summed E-state index contributed by atoms with van der Waals surface area (Å²) >= 11 is 1.97. The molecule has 2 saturated heterocycles. The first-order valence-electron chi connectivity index (χ1n) is 10.2. The number of thioether (sulfide) groups is 1. The first kappa shape index (κ1) is 20.5. The number of benzene rings is 1. The molecule has 0 unspecified atom stereocenters. The SMILES string of the molecule is CO[C@@H]1CCN(c2ccc(C(=O)N3CCCC[C@H]3CSC(C)(C)C)cc2)C1. The van der Waals surface area contributed by atoms with Gasteiger partial charge in [-0.05, 0) is 49.9 Å². The molecule has 1 aromatic rings. The molecule has 0 radical (unpaired) electrons. The minimum atomic E-state index is 0.192. The second kappa shape index (κ2) is 8.87. The molecule has 150 valence electrons. The van der Waals surface area contributed by atoms with Crippen LogP contribution in [-0.4, -0.2) is 60.2 Å². The molecule has 2 aliphatic rings. The Hall–Kier alpha value is -1.20. The van der Waals surface area contributed by atoms with Crippen molar-refractivity contribution in [2.24, 2.45) is 0 Å². The predicted octanol–water partition coefficient (Wildman–Crippen LogP) is 4.44. The summed E-state index contributed by atoms with van der Waals surface area (Å²) in [6, 6.07) is 8.54. The summed E-state index contributed by atoms with van der Waals surface area (Å²) < 4.78 is 5.70. The van der Waals surface area contributed by atoms with Crippen LogP contribution in [-0.2, 0) is 4.74 Å². The Morgan fingerprint density at radius 1 is 1.15 bits per heavy atom. The molecule has 2 atom stereocenters. The largest absolute Gasteiger partial charge is 0.380 e. The number of methoxy groups -OCH3 is 1. The van der Waals surface area contributed by atoms with Crippen molar-refractivity contribution >= 4 is 23.4 Å². The zero-order valence-corrected chi connectivity index (χ0v) is 18.1. The van der Waals surface area contributed by atoms with Gasteiger partial charge in [0, 0.05) is 54.5 Å². The van der Waals surface area contributed by atoms with Crippen molar-refractivity contribution in [1.29, 1.82) is 0 Å². The zero-order valence-electron chi connectivity index (χ0n) is 17.2. The summed E-state index contributed by atoms with van der Waals surface area (Å²) in [5.74, 6) is 1.22. The Balaban J connectivity index is 1.65. The molecule has 0 spiro atoms. The number of nitrogens with zero attached hydrogens (tertiary/aromatic N) is 2. The maximum Gasteiger partial charge on any atom is 0.254 e. The number of anilines is 1. The molecule has 5 heteroatoms. The Morgan fingerprint density at radius 3 is 2.52 bits per heavy atom. The molecule has 1 amide bonds. The maximum absolute atomic E-state index is 13.1. The van der Waals surface area contributed by atoms with Crippen LogP contribution in [0.5, 0.6) is 0 Å². The number of hydrogen-bond acceptors (Lipinski definition) is 4. The van der Waals surface area contributed by atoms with Gasteiger partial charge < -0.3 is 14.5 Å². The molecule has 0 aromatic heterocycles. The molecule has 3 rings (SSSR count). The van der Waals surface area contributed by atoms with Gasteiger partial charge in [0.25, 0.3) is 5.91 Å². The third-order valence-corrected chi connectivity index (χ3v) is 6.97. The molecule has 1 aromatic carbocycles. The minimum absolute atomic E-state index is 0.192. The fraction of sp³-hybridized carbons (Fsp3) is 0.682. The van der Waals surface area contributed by atoms with E-state index in [-0.39, 0.29) is 10.7 Å². The molecular formula is C22H34N2O2S. The van der Waals surface area contributed by atoms with Crippen LogP contribution in [0.1, 0.15) is 56.8 Å². The lowest BCUT2D eigenvalue weighted by molar-refractivity contribution is 0.0640. The molecule has 2 aliphatic heterocycles. The molecule has 0 N–H and O–H groups in total. The van der Waals surface area contributed by atoms with E-state index in [1.54, 1.807) is 7.11 Å². The average Bonchev–Trinajstić information content (AvgIpc) is 3.15. The van der Waals surface area contributed by atoms with Crippen molar-refractivity contribution in [1.82, 2.24) is 4.90 Å². The number of carbonyl (C=O) groups is 1. The van der Waals surface area contributed by atoms with Gasteiger partial charge in [0.05, 0.1) is 6.10 Å². The Kier molecular flexibility index (Phi) is 6.74. The van der Waals surface area contributed by atoms with Crippen LogP contribution in [0, 0.1) is 0 Å². The van der Waals surface area contributed by atoms with E-state index in [1.807, 2.05) is 23.9 Å². The Morgan fingerprint density at radius 2 is 1.89 bits per heavy atom. The van der Waals surface area contributed by atoms with E-state index >= 15 is 0 Å². The fourth-order valence-corrected chi connectivity index (χ4v) is 4.96. The second-order valence-corrected chi connectivity index (χ2v) is 10.6. The van der Waals surface area contributed by atoms with Gasteiger partial charge in [0.1, 0.15) is 0 Å². The first-order chi connectivity index (χ1) is 12.9. The smallest absolute Gasteiger partial charge is 0.254 e. The molecule has 0 saturated carbocycles. The minimum Gasteiger partial charge on any atom is -0.380 e. The van der Waals surface area contributed by atoms with E-state index in [4.69, 9.17) is 4.74 Å². The van der Waals surface area contributed by atoms with Gasteiger partial charge in [-0.1, -0.05) is 20.8 Å². The first-order valence-corrected chi connectivity index (χ1v) is 11.2. The highest BCUT2D eigenvalue weighted by molar-refractivity contribution is 8.00. The third-order valence-electron chi connectivity index (χ3n) is 5.55. The summed E-state index contributed by atoms with van der Waals surface area (Å²) in [6.45, 7) is 9.58. The highest BCUT2D eigenvalue weighted by Crippen LogP contribution is 2.30. The van der Waals surface area contributed by atoms with E-state index in [0.29, 0.717) is 12.1 Å². The lowest BCUT2D eigenvalue weighted by Crippen LogP contribution is -2.45. The third kappa shape index (κ3) is 5.41. The Labute approximate surface area is 168 Å². The van der Waals surface area contributed by atoms with Crippen LogP contribution < -0.4 is 4.90 Å². The second-order valence-electron chi connectivity index (χ2n) is 8.71. The molecular weight excluding hydrogens is 356 g/mol. The summed E-state index contributed by atoms with van der Waals surface area (Å²) in [6.07, 6.45) is 4.86. The van der Waals surface area contributed by atoms with Gasteiger partial charge >= 0.3 is 0 Å². The summed E-state index contributed by atoms with van der Waals surface area (Å²) in [5.41, 5.74) is 2.00. The number of ether oxygens (including phenoxy) is 1. The van der Waals surface area contributed by atoms with Crippen LogP contribution >= 0.6 is 11.8 Å². The normalized spacial score (nSPS) is 23.7. The van der Waals surface area contributed by atoms with Crippen LogP contribution in [0.25, 0.3) is 0 Å². The summed E-state index contributed by atoms with van der Waals surface area (Å²) in [5, 5.41) is 0. The van der Waals surface area contributed by atoms with Crippen LogP contribution in [0.3, 0.4) is 0 Å². The molecule has 27 heavy (non-hydrogen) atoms. The van der Waals surface area contributed by atoms with Gasteiger partial charge in [-0.2, -0.15) is 11.8 Å². The molecule has 2 heterocycles. The van der Waals surface area contributed by atoms with Crippen molar-refractivity contribution in [3.05, 3.63) is 29.8 Å². The number of likely N-dealkylation sites (tertiary alicyclic amines) is 1. The number of rotatable bonds is 5. The number of hydrogen-bond donors (Lipinski definition) is 0. The quantitative estimate of drug-likeness (QED) is 0.744. The van der Waals surface area contributed by atoms with Crippen molar-refractivity contribution < 1.29 is 9.53 Å². The van der Waals surface area contributed by atoms with Crippen molar-refractivity contribution in [3.63, 3.8) is 0 Å². The zero-order chi connectivity index (χ0) is 19.4. The highest BCUT2D eigenvalue weighted by Gasteiger charge is 2.29. The number of carbonyl (C=O) groups excluding carboxylic acids is 1. The number of amides is 1. The summed E-state index contributed by atoms with van der Waals surface area (Å²) in [4.78, 5) is 17.6. The maximum atomic E-state index is 13.1. The predicted molar refractivity (Wildman–Crippen MR) is 115 cm³/mol. The number of piperidine rings is 1. The van der Waals surface area contributed by atoms with Gasteiger partial charge in [0.15, 0.2) is 0 Å². The van der Waals surface area contributed by atoms with Crippen LogP contribution in [0.15, 0.2) is 24.3 Å². The molecule has 2 fully saturated rings. The standard InChI is InChI=1S/C22H34N2O2S/c1-22(2,3)27-16-19-7-5-6-13-24(19)21(25)17-8-10-18(11-9-17)23-14-12-20(15-23)26-4/h8-11,19-20H,5-7,12-16H2,1-4H3/t19-,20+/m0/s1. The van der Waals surface area contributed by atoms with Gasteiger partial charge in [-0.25, -0.2) is 0 Å². The van der Waals surface area contributed by atoms with Gasteiger partial charge in [-0.15, -0.1) is 0 Å². The van der Waals surface area contributed by atoms with E-state index in [1.165, 1.54) is 12.1 Å². The monoisotopic (exact) mass is 390 g/mol. The van der Waals surface area contributed by atoms with Crippen LogP contribution in [0.4, 0.5) is 5.69 Å². The van der Waals surface area contributed by atoms with E-state index in [9.17, 15) is 4.79 Å². The lowest BCUT2D eigenvalue weighted by Gasteiger charge is -2.37. The lowest BCUT2D eigenvalue weighted by atomic mass is 10.0. The van der Waals surface area contributed by atoms with Crippen molar-refractivity contribution in [3.8, 4) is 0 Å². The van der Waals surface area contributed by atoms with E-state index in [2.05, 4.69) is 42.7 Å². The van der Waals surface area contributed by atoms with Crippen molar-refractivity contribution in [2.45, 2.75) is 63.3 Å². The van der Waals surface area contributed by atoms with E-state index < -0.39 is 0 Å².